The molecule has 0 radical (unpaired) electrons. The Balaban J connectivity index is 1.58. The number of aromatic amines is 1. The second-order valence-electron chi connectivity index (χ2n) is 6.44. The largest absolute Gasteiger partial charge is 0.507 e. The minimum Gasteiger partial charge on any atom is -0.507 e. The van der Waals surface area contributed by atoms with Crippen LogP contribution in [0.4, 0.5) is 0 Å². The molecule has 0 amide bonds. The maximum absolute atomic E-state index is 12.7. The van der Waals surface area contributed by atoms with Crippen molar-refractivity contribution in [3.8, 4) is 17.3 Å². The number of esters is 1. The Morgan fingerprint density at radius 1 is 1.20 bits per heavy atom. The number of aliphatic hydroxyl groups excluding tert-OH is 1. The number of aromatic nitrogens is 3. The van der Waals surface area contributed by atoms with Gasteiger partial charge in [-0.25, -0.2) is 9.78 Å². The zero-order valence-electron chi connectivity index (χ0n) is 15.9. The summed E-state index contributed by atoms with van der Waals surface area (Å²) in [7, 11) is 0. The number of aliphatic hydroxyl groups is 1. The average Bonchev–Trinajstić information content (AvgIpc) is 3.36. The van der Waals surface area contributed by atoms with Gasteiger partial charge in [0, 0.05) is 5.56 Å². The van der Waals surface area contributed by atoms with Crippen LogP contribution in [0.1, 0.15) is 21.9 Å². The summed E-state index contributed by atoms with van der Waals surface area (Å²) in [5.74, 6) is -0.653. The van der Waals surface area contributed by atoms with Crippen molar-refractivity contribution in [2.24, 2.45) is 0 Å². The van der Waals surface area contributed by atoms with Gasteiger partial charge in [0.15, 0.2) is 11.6 Å². The highest BCUT2D eigenvalue weighted by atomic mass is 16.5. The van der Waals surface area contributed by atoms with E-state index in [9.17, 15) is 15.2 Å². The maximum Gasteiger partial charge on any atom is 0.344 e. The summed E-state index contributed by atoms with van der Waals surface area (Å²) in [5.41, 5.74) is 2.47. The second kappa shape index (κ2) is 7.93. The molecule has 0 fully saturated rings. The Labute approximate surface area is 171 Å². The Bertz CT molecular complexity index is 1260. The first kappa shape index (κ1) is 19.0. The van der Waals surface area contributed by atoms with Crippen LogP contribution in [0.25, 0.3) is 27.9 Å². The monoisotopic (exact) mass is 400 g/mol. The summed E-state index contributed by atoms with van der Waals surface area (Å²) in [4.78, 5) is 19.9. The molecular weight excluding hydrogens is 384 g/mol. The van der Waals surface area contributed by atoms with Gasteiger partial charge in [0.1, 0.15) is 35.3 Å². The number of aryl methyl sites for hydroxylation is 1. The Morgan fingerprint density at radius 2 is 1.93 bits per heavy atom. The highest BCUT2D eigenvalue weighted by molar-refractivity contribution is 5.97. The SMILES string of the molecule is Cc1onc(-c2ccccc2)c1C(=O)OC/C(O)=C(\C#N)c1nc2ccccc2[nH]1. The third kappa shape index (κ3) is 3.52. The van der Waals surface area contributed by atoms with E-state index in [0.29, 0.717) is 22.5 Å². The molecule has 2 heterocycles. The molecule has 0 unspecified atom stereocenters. The van der Waals surface area contributed by atoms with E-state index in [1.807, 2.05) is 36.4 Å². The van der Waals surface area contributed by atoms with Crippen molar-refractivity contribution in [1.82, 2.24) is 15.1 Å². The van der Waals surface area contributed by atoms with Crippen LogP contribution in [0.5, 0.6) is 0 Å². The van der Waals surface area contributed by atoms with Crippen molar-refractivity contribution in [2.75, 3.05) is 6.61 Å². The fourth-order valence-corrected chi connectivity index (χ4v) is 3.01. The van der Waals surface area contributed by atoms with E-state index in [0.717, 1.165) is 5.52 Å². The minimum atomic E-state index is -0.721. The van der Waals surface area contributed by atoms with Crippen molar-refractivity contribution < 1.29 is 19.2 Å². The van der Waals surface area contributed by atoms with Gasteiger partial charge < -0.3 is 19.4 Å². The third-order valence-electron chi connectivity index (χ3n) is 4.48. The molecule has 0 aliphatic heterocycles. The molecule has 4 rings (SSSR count). The van der Waals surface area contributed by atoms with Crippen LogP contribution in [-0.2, 0) is 4.74 Å². The van der Waals surface area contributed by atoms with Crippen molar-refractivity contribution in [3.63, 3.8) is 0 Å². The third-order valence-corrected chi connectivity index (χ3v) is 4.48. The van der Waals surface area contributed by atoms with Crippen molar-refractivity contribution in [2.45, 2.75) is 6.92 Å². The quantitative estimate of drug-likeness (QED) is 0.292. The van der Waals surface area contributed by atoms with Crippen LogP contribution in [0.15, 0.2) is 64.9 Å². The second-order valence-corrected chi connectivity index (χ2v) is 6.44. The summed E-state index contributed by atoms with van der Waals surface area (Å²) in [6.45, 7) is 1.10. The molecule has 0 aliphatic rings. The van der Waals surface area contributed by atoms with E-state index in [1.165, 1.54) is 0 Å². The molecule has 30 heavy (non-hydrogen) atoms. The van der Waals surface area contributed by atoms with Gasteiger partial charge in [-0.2, -0.15) is 5.26 Å². The standard InChI is InChI=1S/C22H16N4O4/c1-13-19(20(26-30-13)14-7-3-2-4-8-14)22(28)29-12-18(27)15(11-23)21-24-16-9-5-6-10-17(16)25-21/h2-10,27H,12H2,1H3,(H,24,25)/b18-15-. The molecule has 8 heteroatoms. The van der Waals surface area contributed by atoms with E-state index < -0.39 is 18.3 Å². The molecule has 0 saturated carbocycles. The number of benzene rings is 2. The van der Waals surface area contributed by atoms with Gasteiger partial charge in [-0.1, -0.05) is 47.6 Å². The lowest BCUT2D eigenvalue weighted by atomic mass is 10.1. The summed E-state index contributed by atoms with van der Waals surface area (Å²) >= 11 is 0. The molecule has 8 nitrogen and oxygen atoms in total. The van der Waals surface area contributed by atoms with Crippen LogP contribution in [-0.4, -0.2) is 32.8 Å². The summed E-state index contributed by atoms with van der Waals surface area (Å²) in [5, 5.41) is 23.8. The smallest absolute Gasteiger partial charge is 0.344 e. The van der Waals surface area contributed by atoms with Crippen LogP contribution < -0.4 is 0 Å². The molecule has 148 valence electrons. The van der Waals surface area contributed by atoms with Gasteiger partial charge in [0.2, 0.25) is 0 Å². The van der Waals surface area contributed by atoms with E-state index in [-0.39, 0.29) is 17.0 Å². The first-order valence-electron chi connectivity index (χ1n) is 9.04. The number of nitrogens with one attached hydrogen (secondary N) is 1. The zero-order chi connectivity index (χ0) is 21.1. The first-order chi connectivity index (χ1) is 14.6. The predicted octanol–water partition coefficient (Wildman–Crippen LogP) is 4.18. The number of imidazole rings is 1. The molecule has 2 N–H and O–H groups in total. The van der Waals surface area contributed by atoms with Gasteiger partial charge in [-0.05, 0) is 19.1 Å². The number of nitriles is 1. The minimum absolute atomic E-state index is 0.107. The number of fused-ring (bicyclic) bond motifs is 1. The molecule has 2 aromatic heterocycles. The fraction of sp³-hybridized carbons (Fsp3) is 0.0909. The first-order valence-corrected chi connectivity index (χ1v) is 9.04. The van der Waals surface area contributed by atoms with Crippen LogP contribution >= 0.6 is 0 Å². The number of rotatable bonds is 5. The number of carbonyl (C=O) groups is 1. The Kier molecular flexibility index (Phi) is 5.01. The Hall–Kier alpha value is -4.38. The molecule has 0 saturated heterocycles. The summed E-state index contributed by atoms with van der Waals surface area (Å²) < 4.78 is 10.4. The van der Waals surface area contributed by atoms with Gasteiger partial charge in [0.25, 0.3) is 0 Å². The summed E-state index contributed by atoms with van der Waals surface area (Å²) in [6.07, 6.45) is 0. The van der Waals surface area contributed by atoms with E-state index in [2.05, 4.69) is 15.1 Å². The van der Waals surface area contributed by atoms with E-state index in [4.69, 9.17) is 9.26 Å². The van der Waals surface area contributed by atoms with Gasteiger partial charge in [-0.3, -0.25) is 0 Å². The number of carbonyl (C=O) groups excluding carboxylic acids is 1. The topological polar surface area (TPSA) is 125 Å². The van der Waals surface area contributed by atoms with Gasteiger partial charge in [-0.15, -0.1) is 0 Å². The number of para-hydroxylation sites is 2. The number of ether oxygens (including phenoxy) is 1. The van der Waals surface area contributed by atoms with E-state index in [1.54, 1.807) is 31.2 Å². The van der Waals surface area contributed by atoms with Gasteiger partial charge >= 0.3 is 5.97 Å². The lowest BCUT2D eigenvalue weighted by Gasteiger charge is -2.06. The highest BCUT2D eigenvalue weighted by Crippen LogP contribution is 2.26. The maximum atomic E-state index is 12.7. The zero-order valence-corrected chi connectivity index (χ0v) is 15.9. The van der Waals surface area contributed by atoms with Crippen molar-refractivity contribution in [1.29, 1.82) is 5.26 Å². The van der Waals surface area contributed by atoms with Crippen molar-refractivity contribution >= 4 is 22.6 Å². The lowest BCUT2D eigenvalue weighted by Crippen LogP contribution is -2.11. The highest BCUT2D eigenvalue weighted by Gasteiger charge is 2.24. The lowest BCUT2D eigenvalue weighted by molar-refractivity contribution is 0.0501. The molecular formula is C22H16N4O4. The number of hydrogen-bond acceptors (Lipinski definition) is 7. The summed E-state index contributed by atoms with van der Waals surface area (Å²) in [6, 6.07) is 18.2. The Morgan fingerprint density at radius 3 is 2.67 bits per heavy atom. The molecule has 4 aromatic rings. The van der Waals surface area contributed by atoms with Gasteiger partial charge in [0.05, 0.1) is 11.0 Å². The molecule has 2 aromatic carbocycles. The van der Waals surface area contributed by atoms with Crippen LogP contribution in [0.2, 0.25) is 0 Å². The normalized spacial score (nSPS) is 11.7. The number of hydrogen-bond donors (Lipinski definition) is 2. The fourth-order valence-electron chi connectivity index (χ4n) is 3.01. The predicted molar refractivity (Wildman–Crippen MR) is 108 cm³/mol. The number of nitrogens with zero attached hydrogens (tertiary/aromatic N) is 3. The number of H-pyrrole nitrogens is 1. The molecule has 0 bridgehead atoms. The average molecular weight is 400 g/mol. The number of allylic oxidation sites excluding steroid dienone is 1. The molecule has 0 aliphatic carbocycles. The van der Waals surface area contributed by atoms with E-state index >= 15 is 0 Å². The van der Waals surface area contributed by atoms with Crippen molar-refractivity contribution in [3.05, 3.63) is 77.5 Å². The molecule has 0 spiro atoms. The molecule has 0 atom stereocenters. The van der Waals surface area contributed by atoms with Crippen LogP contribution in [0, 0.1) is 18.3 Å². The van der Waals surface area contributed by atoms with Crippen LogP contribution in [0.3, 0.4) is 0 Å².